The van der Waals surface area contributed by atoms with E-state index in [9.17, 15) is 0 Å². The van der Waals surface area contributed by atoms with Crippen LogP contribution in [-0.2, 0) is 0 Å². The summed E-state index contributed by atoms with van der Waals surface area (Å²) in [6.45, 7) is 3.93. The van der Waals surface area contributed by atoms with Crippen LogP contribution in [0.5, 0.6) is 5.88 Å². The number of ether oxygens (including phenoxy) is 1. The molecule has 2 heterocycles. The second-order valence-corrected chi connectivity index (χ2v) is 4.00. The maximum absolute atomic E-state index is 5.63. The predicted molar refractivity (Wildman–Crippen MR) is 62.2 cm³/mol. The van der Waals surface area contributed by atoms with Crippen LogP contribution < -0.4 is 10.5 Å². The molecule has 1 aliphatic rings. The Labute approximate surface area is 95.6 Å². The number of likely N-dealkylation sites (tertiary alicyclic amines) is 1. The van der Waals surface area contributed by atoms with Gasteiger partial charge in [-0.3, -0.25) is 4.90 Å². The maximum atomic E-state index is 5.63. The van der Waals surface area contributed by atoms with Crippen molar-refractivity contribution in [1.29, 1.82) is 0 Å². The van der Waals surface area contributed by atoms with Crippen molar-refractivity contribution in [3.05, 3.63) is 12.4 Å². The largest absolute Gasteiger partial charge is 0.474 e. The van der Waals surface area contributed by atoms with Crippen molar-refractivity contribution >= 4 is 5.82 Å². The highest BCUT2D eigenvalue weighted by Crippen LogP contribution is 2.13. The van der Waals surface area contributed by atoms with Crippen LogP contribution in [0.25, 0.3) is 0 Å². The number of hydrogen-bond donors (Lipinski definition) is 1. The molecule has 1 aromatic rings. The minimum Gasteiger partial charge on any atom is -0.474 e. The number of nitrogens with zero attached hydrogens (tertiary/aromatic N) is 3. The Bertz CT molecular complexity index is 326. The van der Waals surface area contributed by atoms with Crippen LogP contribution in [0.2, 0.25) is 0 Å². The Hall–Kier alpha value is -1.36. The lowest BCUT2D eigenvalue weighted by molar-refractivity contribution is 0.181. The summed E-state index contributed by atoms with van der Waals surface area (Å²) in [4.78, 5) is 10.4. The van der Waals surface area contributed by atoms with Crippen LogP contribution in [0.15, 0.2) is 12.4 Å². The van der Waals surface area contributed by atoms with Gasteiger partial charge in [0.2, 0.25) is 0 Å². The molecule has 0 aliphatic carbocycles. The smallest absolute Gasteiger partial charge is 0.257 e. The Kier molecular flexibility index (Phi) is 3.93. The number of piperidine rings is 1. The summed E-state index contributed by atoms with van der Waals surface area (Å²) < 4.78 is 5.50. The molecule has 0 atom stereocenters. The Balaban J connectivity index is 1.73. The molecule has 0 spiro atoms. The second kappa shape index (κ2) is 5.65. The van der Waals surface area contributed by atoms with Crippen molar-refractivity contribution in [2.75, 3.05) is 32.0 Å². The zero-order valence-electron chi connectivity index (χ0n) is 9.43. The third kappa shape index (κ3) is 3.06. The van der Waals surface area contributed by atoms with Gasteiger partial charge in [0.05, 0.1) is 0 Å². The molecule has 1 fully saturated rings. The van der Waals surface area contributed by atoms with E-state index in [1.54, 1.807) is 12.4 Å². The van der Waals surface area contributed by atoms with Crippen LogP contribution >= 0.6 is 0 Å². The summed E-state index contributed by atoms with van der Waals surface area (Å²) in [5.74, 6) is 0.806. The highest BCUT2D eigenvalue weighted by Gasteiger charge is 2.10. The van der Waals surface area contributed by atoms with Crippen molar-refractivity contribution in [2.45, 2.75) is 19.3 Å². The van der Waals surface area contributed by atoms with Crippen molar-refractivity contribution in [1.82, 2.24) is 14.9 Å². The van der Waals surface area contributed by atoms with Gasteiger partial charge in [0, 0.05) is 18.9 Å². The minimum atomic E-state index is 0.362. The normalized spacial score (nSPS) is 17.2. The van der Waals surface area contributed by atoms with Gasteiger partial charge in [-0.1, -0.05) is 6.42 Å². The van der Waals surface area contributed by atoms with Crippen LogP contribution in [0, 0.1) is 0 Å². The quantitative estimate of drug-likeness (QED) is 0.820. The second-order valence-electron chi connectivity index (χ2n) is 4.00. The number of nitrogen functional groups attached to an aromatic ring is 1. The lowest BCUT2D eigenvalue weighted by Gasteiger charge is -2.26. The predicted octanol–water partition coefficient (Wildman–Crippen LogP) is 0.923. The van der Waals surface area contributed by atoms with E-state index in [4.69, 9.17) is 10.5 Å². The van der Waals surface area contributed by atoms with Crippen molar-refractivity contribution in [3.63, 3.8) is 0 Å². The number of nitrogens with two attached hydrogens (primary N) is 1. The van der Waals surface area contributed by atoms with Crippen LogP contribution in [0.1, 0.15) is 19.3 Å². The topological polar surface area (TPSA) is 64.3 Å². The minimum absolute atomic E-state index is 0.362. The molecule has 0 radical (unpaired) electrons. The van der Waals surface area contributed by atoms with Crippen molar-refractivity contribution < 1.29 is 4.74 Å². The fraction of sp³-hybridized carbons (Fsp3) is 0.636. The first kappa shape index (κ1) is 11.1. The molecule has 5 nitrogen and oxygen atoms in total. The van der Waals surface area contributed by atoms with Crippen LogP contribution in [0.3, 0.4) is 0 Å². The zero-order valence-corrected chi connectivity index (χ0v) is 9.43. The van der Waals surface area contributed by atoms with Gasteiger partial charge in [-0.25, -0.2) is 9.97 Å². The van der Waals surface area contributed by atoms with Crippen molar-refractivity contribution in [2.24, 2.45) is 0 Å². The number of aromatic nitrogens is 2. The number of anilines is 1. The molecule has 0 aromatic carbocycles. The Morgan fingerprint density at radius 1 is 1.19 bits per heavy atom. The third-order valence-corrected chi connectivity index (χ3v) is 2.79. The molecule has 1 aliphatic heterocycles. The van der Waals surface area contributed by atoms with Gasteiger partial charge in [0.25, 0.3) is 5.88 Å². The van der Waals surface area contributed by atoms with Gasteiger partial charge in [0.1, 0.15) is 6.61 Å². The van der Waals surface area contributed by atoms with E-state index in [0.717, 1.165) is 6.54 Å². The van der Waals surface area contributed by atoms with Crippen LogP contribution in [0.4, 0.5) is 5.82 Å². The number of rotatable bonds is 4. The van der Waals surface area contributed by atoms with E-state index in [-0.39, 0.29) is 0 Å². The molecule has 16 heavy (non-hydrogen) atoms. The first-order valence-electron chi connectivity index (χ1n) is 5.78. The fourth-order valence-electron chi connectivity index (χ4n) is 1.90. The van der Waals surface area contributed by atoms with Gasteiger partial charge in [-0.15, -0.1) is 0 Å². The molecule has 0 saturated carbocycles. The SMILES string of the molecule is Nc1nccnc1OCCN1CCCCC1. The first-order chi connectivity index (χ1) is 7.86. The fourth-order valence-corrected chi connectivity index (χ4v) is 1.90. The van der Waals surface area contributed by atoms with Gasteiger partial charge >= 0.3 is 0 Å². The molecule has 1 saturated heterocycles. The van der Waals surface area contributed by atoms with E-state index in [2.05, 4.69) is 14.9 Å². The maximum Gasteiger partial charge on any atom is 0.257 e. The van der Waals surface area contributed by atoms with Gasteiger partial charge in [0.15, 0.2) is 5.82 Å². The standard InChI is InChI=1S/C11H18N4O/c12-10-11(14-5-4-13-10)16-9-8-15-6-2-1-3-7-15/h4-5H,1-3,6-9H2,(H2,12,13). The monoisotopic (exact) mass is 222 g/mol. The molecule has 2 rings (SSSR count). The first-order valence-corrected chi connectivity index (χ1v) is 5.78. The van der Waals surface area contributed by atoms with Crippen LogP contribution in [-0.4, -0.2) is 41.1 Å². The summed E-state index contributed by atoms with van der Waals surface area (Å²) in [7, 11) is 0. The molecule has 0 bridgehead atoms. The summed E-state index contributed by atoms with van der Waals surface area (Å²) in [5.41, 5.74) is 5.63. The Morgan fingerprint density at radius 2 is 1.94 bits per heavy atom. The van der Waals surface area contributed by atoms with E-state index < -0.39 is 0 Å². The van der Waals surface area contributed by atoms with E-state index in [1.807, 2.05) is 0 Å². The Morgan fingerprint density at radius 3 is 2.69 bits per heavy atom. The molecule has 5 heteroatoms. The number of hydrogen-bond acceptors (Lipinski definition) is 5. The summed E-state index contributed by atoms with van der Waals surface area (Å²) in [6, 6.07) is 0. The summed E-state index contributed by atoms with van der Waals surface area (Å²) in [6.07, 6.45) is 7.11. The summed E-state index contributed by atoms with van der Waals surface area (Å²) in [5, 5.41) is 0. The average molecular weight is 222 g/mol. The van der Waals surface area contributed by atoms with Gasteiger partial charge in [-0.05, 0) is 25.9 Å². The van der Waals surface area contributed by atoms with E-state index in [0.29, 0.717) is 18.3 Å². The lowest BCUT2D eigenvalue weighted by Crippen LogP contribution is -2.33. The van der Waals surface area contributed by atoms with Crippen molar-refractivity contribution in [3.8, 4) is 5.88 Å². The van der Waals surface area contributed by atoms with Gasteiger partial charge < -0.3 is 10.5 Å². The molecule has 0 unspecified atom stereocenters. The molecule has 88 valence electrons. The third-order valence-electron chi connectivity index (χ3n) is 2.79. The molecular weight excluding hydrogens is 204 g/mol. The summed E-state index contributed by atoms with van der Waals surface area (Å²) >= 11 is 0. The molecule has 0 amide bonds. The van der Waals surface area contributed by atoms with E-state index in [1.165, 1.54) is 32.4 Å². The van der Waals surface area contributed by atoms with Gasteiger partial charge in [-0.2, -0.15) is 0 Å². The average Bonchev–Trinajstić information content (AvgIpc) is 2.33. The molecule has 2 N–H and O–H groups in total. The lowest BCUT2D eigenvalue weighted by atomic mass is 10.1. The highest BCUT2D eigenvalue weighted by molar-refractivity contribution is 5.38. The van der Waals surface area contributed by atoms with E-state index >= 15 is 0 Å². The molecular formula is C11H18N4O. The highest BCUT2D eigenvalue weighted by atomic mass is 16.5. The zero-order chi connectivity index (χ0) is 11.2. The molecule has 1 aromatic heterocycles.